The van der Waals surface area contributed by atoms with Crippen LogP contribution in [0.4, 0.5) is 0 Å². The molecule has 0 N–H and O–H groups in total. The molecule has 2 heterocycles. The summed E-state index contributed by atoms with van der Waals surface area (Å²) in [5.41, 5.74) is 2.46. The van der Waals surface area contributed by atoms with Crippen molar-refractivity contribution in [3.63, 3.8) is 0 Å². The van der Waals surface area contributed by atoms with Gasteiger partial charge in [-0.25, -0.2) is 0 Å². The molecule has 0 amide bonds. The summed E-state index contributed by atoms with van der Waals surface area (Å²) in [6, 6.07) is 11.4. The van der Waals surface area contributed by atoms with E-state index < -0.39 is 12.1 Å². The Labute approximate surface area is 194 Å². The van der Waals surface area contributed by atoms with Gasteiger partial charge in [-0.1, -0.05) is 19.4 Å². The summed E-state index contributed by atoms with van der Waals surface area (Å²) >= 11 is 0. The third-order valence-electron chi connectivity index (χ3n) is 5.48. The number of carbonyl (C=O) groups is 1. The normalized spacial score (nSPS) is 16.4. The van der Waals surface area contributed by atoms with Crippen molar-refractivity contribution in [3.8, 4) is 23.0 Å². The van der Waals surface area contributed by atoms with E-state index in [9.17, 15) is 4.79 Å². The lowest BCUT2D eigenvalue weighted by atomic mass is 9.97. The monoisotopic (exact) mass is 453 g/mol. The number of esters is 1. The Morgan fingerprint density at radius 1 is 1.12 bits per heavy atom. The van der Waals surface area contributed by atoms with Gasteiger partial charge in [-0.3, -0.25) is 4.79 Å². The molecular weight excluding hydrogens is 422 g/mol. The standard InChI is InChI=1S/C26H31NO6/c1-6-7-12-27(5)24-20-14-19(31-16(2)3)9-11-21(20)33-25(26(24)32-17(4)28)18-8-10-22-23(13-18)30-15-29-22/h8-11,13-14,16,25H,6-7,12,15H2,1-5H3. The first-order valence-electron chi connectivity index (χ1n) is 11.4. The predicted octanol–water partition coefficient (Wildman–Crippen LogP) is 5.30. The first-order chi connectivity index (χ1) is 15.9. The molecule has 2 aliphatic heterocycles. The molecular formula is C26H31NO6. The molecule has 0 bridgehead atoms. The summed E-state index contributed by atoms with van der Waals surface area (Å²) in [4.78, 5) is 14.3. The number of hydrogen-bond acceptors (Lipinski definition) is 7. The lowest BCUT2D eigenvalue weighted by molar-refractivity contribution is -0.138. The Morgan fingerprint density at radius 2 is 1.88 bits per heavy atom. The van der Waals surface area contributed by atoms with Crippen LogP contribution < -0.4 is 18.9 Å². The molecule has 0 radical (unpaired) electrons. The van der Waals surface area contributed by atoms with Crippen LogP contribution in [0, 0.1) is 0 Å². The zero-order valence-electron chi connectivity index (χ0n) is 19.8. The van der Waals surface area contributed by atoms with Crippen molar-refractivity contribution in [2.24, 2.45) is 0 Å². The molecule has 0 saturated heterocycles. The van der Waals surface area contributed by atoms with Crippen molar-refractivity contribution in [2.75, 3.05) is 20.4 Å². The highest BCUT2D eigenvalue weighted by molar-refractivity contribution is 5.78. The first kappa shape index (κ1) is 22.8. The Hall–Kier alpha value is -3.35. The van der Waals surface area contributed by atoms with Gasteiger partial charge in [0.1, 0.15) is 11.5 Å². The molecule has 0 saturated carbocycles. The van der Waals surface area contributed by atoms with E-state index in [1.165, 1.54) is 6.92 Å². The highest BCUT2D eigenvalue weighted by atomic mass is 16.7. The summed E-state index contributed by atoms with van der Waals surface area (Å²) in [7, 11) is 2.01. The molecule has 2 aromatic carbocycles. The number of fused-ring (bicyclic) bond motifs is 2. The number of benzene rings is 2. The van der Waals surface area contributed by atoms with Gasteiger partial charge in [-0.05, 0) is 50.6 Å². The van der Waals surface area contributed by atoms with Crippen LogP contribution >= 0.6 is 0 Å². The van der Waals surface area contributed by atoms with E-state index in [2.05, 4.69) is 11.8 Å². The number of carbonyl (C=O) groups excluding carboxylic acids is 1. The summed E-state index contributed by atoms with van der Waals surface area (Å²) < 4.78 is 29.2. The first-order valence-corrected chi connectivity index (χ1v) is 11.4. The van der Waals surface area contributed by atoms with Crippen molar-refractivity contribution in [1.82, 2.24) is 4.90 Å². The summed E-state index contributed by atoms with van der Waals surface area (Å²) in [5.74, 6) is 2.81. The van der Waals surface area contributed by atoms with Crippen LogP contribution in [0.25, 0.3) is 5.70 Å². The summed E-state index contributed by atoms with van der Waals surface area (Å²) in [6.45, 7) is 8.51. The predicted molar refractivity (Wildman–Crippen MR) is 124 cm³/mol. The Balaban J connectivity index is 1.86. The topological polar surface area (TPSA) is 66.5 Å². The zero-order chi connectivity index (χ0) is 23.5. The second-order valence-corrected chi connectivity index (χ2v) is 8.52. The third kappa shape index (κ3) is 4.87. The molecule has 7 nitrogen and oxygen atoms in total. The molecule has 7 heteroatoms. The number of unbranched alkanes of at least 4 members (excludes halogenated alkanes) is 1. The fourth-order valence-electron chi connectivity index (χ4n) is 4.03. The van der Waals surface area contributed by atoms with Crippen LogP contribution in [0.5, 0.6) is 23.0 Å². The van der Waals surface area contributed by atoms with Gasteiger partial charge in [0.15, 0.2) is 23.4 Å². The third-order valence-corrected chi connectivity index (χ3v) is 5.48. The van der Waals surface area contributed by atoms with Gasteiger partial charge >= 0.3 is 5.97 Å². The fourth-order valence-corrected chi connectivity index (χ4v) is 4.03. The van der Waals surface area contributed by atoms with E-state index >= 15 is 0 Å². The van der Waals surface area contributed by atoms with E-state index in [0.29, 0.717) is 23.0 Å². The van der Waals surface area contributed by atoms with E-state index in [-0.39, 0.29) is 12.9 Å². The molecule has 1 unspecified atom stereocenters. The van der Waals surface area contributed by atoms with E-state index in [1.54, 1.807) is 0 Å². The van der Waals surface area contributed by atoms with Gasteiger partial charge in [0.2, 0.25) is 6.79 Å². The molecule has 0 spiro atoms. The molecule has 2 aliphatic rings. The molecule has 1 atom stereocenters. The molecule has 0 aromatic heterocycles. The van der Waals surface area contributed by atoms with Gasteiger partial charge < -0.3 is 28.6 Å². The summed E-state index contributed by atoms with van der Waals surface area (Å²) in [5, 5.41) is 0. The molecule has 4 rings (SSSR count). The fraction of sp³-hybridized carbons (Fsp3) is 0.423. The molecule has 0 aliphatic carbocycles. The second-order valence-electron chi connectivity index (χ2n) is 8.52. The largest absolute Gasteiger partial charge is 0.491 e. The van der Waals surface area contributed by atoms with Gasteiger partial charge in [0.25, 0.3) is 0 Å². The van der Waals surface area contributed by atoms with E-state index in [1.807, 2.05) is 57.3 Å². The zero-order valence-corrected chi connectivity index (χ0v) is 19.8. The summed E-state index contributed by atoms with van der Waals surface area (Å²) in [6.07, 6.45) is 1.46. The number of nitrogens with zero attached hydrogens (tertiary/aromatic N) is 1. The van der Waals surface area contributed by atoms with Gasteiger partial charge in [-0.2, -0.15) is 0 Å². The molecule has 33 heavy (non-hydrogen) atoms. The van der Waals surface area contributed by atoms with Crippen molar-refractivity contribution in [2.45, 2.75) is 52.7 Å². The minimum absolute atomic E-state index is 0.0344. The van der Waals surface area contributed by atoms with Crippen molar-refractivity contribution in [1.29, 1.82) is 0 Å². The van der Waals surface area contributed by atoms with Crippen LogP contribution in [0.3, 0.4) is 0 Å². The molecule has 0 fully saturated rings. The quantitative estimate of drug-likeness (QED) is 0.503. The van der Waals surface area contributed by atoms with Crippen LogP contribution in [-0.4, -0.2) is 37.4 Å². The Kier molecular flexibility index (Phi) is 6.67. The number of hydrogen-bond donors (Lipinski definition) is 0. The lowest BCUT2D eigenvalue weighted by Crippen LogP contribution is -2.28. The van der Waals surface area contributed by atoms with Crippen LogP contribution in [-0.2, 0) is 9.53 Å². The van der Waals surface area contributed by atoms with E-state index in [4.69, 9.17) is 23.7 Å². The average molecular weight is 454 g/mol. The maximum Gasteiger partial charge on any atom is 0.307 e. The second kappa shape index (κ2) is 9.65. The maximum absolute atomic E-state index is 12.2. The van der Waals surface area contributed by atoms with Crippen LogP contribution in [0.1, 0.15) is 57.8 Å². The minimum atomic E-state index is -0.619. The van der Waals surface area contributed by atoms with Crippen molar-refractivity contribution >= 4 is 11.7 Å². The van der Waals surface area contributed by atoms with Crippen LogP contribution in [0.2, 0.25) is 0 Å². The molecule has 2 aromatic rings. The van der Waals surface area contributed by atoms with Gasteiger partial charge in [0, 0.05) is 31.6 Å². The number of ether oxygens (including phenoxy) is 5. The number of rotatable bonds is 8. The van der Waals surface area contributed by atoms with Crippen LogP contribution in [0.15, 0.2) is 42.2 Å². The lowest BCUT2D eigenvalue weighted by Gasteiger charge is -2.35. The Bertz CT molecular complexity index is 1060. The molecule has 176 valence electrons. The van der Waals surface area contributed by atoms with Crippen molar-refractivity contribution < 1.29 is 28.5 Å². The smallest absolute Gasteiger partial charge is 0.307 e. The Morgan fingerprint density at radius 3 is 2.61 bits per heavy atom. The highest BCUT2D eigenvalue weighted by Gasteiger charge is 2.35. The van der Waals surface area contributed by atoms with Gasteiger partial charge in [0.05, 0.1) is 11.8 Å². The van der Waals surface area contributed by atoms with Crippen molar-refractivity contribution in [3.05, 3.63) is 53.3 Å². The maximum atomic E-state index is 12.2. The highest BCUT2D eigenvalue weighted by Crippen LogP contribution is 2.46. The average Bonchev–Trinajstić information content (AvgIpc) is 3.24. The minimum Gasteiger partial charge on any atom is -0.491 e. The van der Waals surface area contributed by atoms with E-state index in [0.717, 1.165) is 42.0 Å². The van der Waals surface area contributed by atoms with Gasteiger partial charge in [-0.15, -0.1) is 0 Å². The SMILES string of the molecule is CCCCN(C)C1=C(OC(C)=O)C(c2ccc3c(c2)OCO3)Oc2ccc(OC(C)C)cc21.